The molecule has 1 aromatic carbocycles. The van der Waals surface area contributed by atoms with Crippen molar-refractivity contribution in [3.63, 3.8) is 0 Å². The van der Waals surface area contributed by atoms with E-state index in [9.17, 15) is 17.8 Å². The van der Waals surface area contributed by atoms with Crippen LogP contribution in [0.2, 0.25) is 0 Å². The molecule has 0 bridgehead atoms. The summed E-state index contributed by atoms with van der Waals surface area (Å²) in [5, 5.41) is 8.53. The molecular formula is C11H13NaO6S. The maximum absolute atomic E-state index is 11.5. The molecule has 1 N–H and O–H groups in total. The van der Waals surface area contributed by atoms with Crippen LogP contribution in [0.3, 0.4) is 0 Å². The molecule has 0 aliphatic rings. The van der Waals surface area contributed by atoms with Crippen molar-refractivity contribution in [1.29, 1.82) is 0 Å². The van der Waals surface area contributed by atoms with Crippen LogP contribution < -0.4 is 29.6 Å². The van der Waals surface area contributed by atoms with Gasteiger partial charge in [0.1, 0.15) is 10.1 Å². The minimum atomic E-state index is -4.58. The van der Waals surface area contributed by atoms with Crippen molar-refractivity contribution in [2.45, 2.75) is 17.7 Å². The minimum absolute atomic E-state index is 0. The zero-order valence-corrected chi connectivity index (χ0v) is 13.4. The number of esters is 1. The third-order valence-electron chi connectivity index (χ3n) is 2.14. The zero-order chi connectivity index (χ0) is 13.6. The van der Waals surface area contributed by atoms with E-state index in [1.165, 1.54) is 12.1 Å². The van der Waals surface area contributed by atoms with E-state index in [2.05, 4.69) is 0 Å². The summed E-state index contributed by atoms with van der Waals surface area (Å²) in [7, 11) is -4.58. The molecule has 0 aliphatic heterocycles. The second-order valence-electron chi connectivity index (χ2n) is 3.55. The molecule has 100 valence electrons. The molecule has 1 rings (SSSR count). The molecule has 0 saturated carbocycles. The van der Waals surface area contributed by atoms with Gasteiger partial charge in [-0.2, -0.15) is 0 Å². The monoisotopic (exact) mass is 296 g/mol. The quantitative estimate of drug-likeness (QED) is 0.270. The summed E-state index contributed by atoms with van der Waals surface area (Å²) in [5.74, 6) is -0.696. The van der Waals surface area contributed by atoms with E-state index < -0.39 is 21.0 Å². The standard InChI is InChI=1S/C11H14O6S.Na/c12-6-1-2-7-17-11(13)9-4-3-5-10(8-9)18(14,15)16;/h3-5,8,12H,1-2,6-7H2,(H,14,15,16);/q;+1/p-1. The number of aliphatic hydroxyl groups excluding tert-OH is 1. The maximum atomic E-state index is 11.5. The summed E-state index contributed by atoms with van der Waals surface area (Å²) in [6.45, 7) is 0.148. The van der Waals surface area contributed by atoms with Gasteiger partial charge in [-0.15, -0.1) is 0 Å². The molecule has 0 fully saturated rings. The smallest absolute Gasteiger partial charge is 0.744 e. The van der Waals surface area contributed by atoms with Gasteiger partial charge in [0.25, 0.3) is 0 Å². The topological polar surface area (TPSA) is 104 Å². The molecule has 0 unspecified atom stereocenters. The van der Waals surface area contributed by atoms with Crippen LogP contribution in [0.25, 0.3) is 0 Å². The van der Waals surface area contributed by atoms with Crippen molar-refractivity contribution < 1.29 is 57.2 Å². The van der Waals surface area contributed by atoms with E-state index in [0.29, 0.717) is 12.8 Å². The fourth-order valence-corrected chi connectivity index (χ4v) is 1.76. The normalized spacial score (nSPS) is 10.6. The van der Waals surface area contributed by atoms with Crippen molar-refractivity contribution in [2.24, 2.45) is 0 Å². The van der Waals surface area contributed by atoms with E-state index in [-0.39, 0.29) is 48.3 Å². The Kier molecular flexibility index (Phi) is 8.47. The van der Waals surface area contributed by atoms with Gasteiger partial charge in [0, 0.05) is 6.61 Å². The van der Waals surface area contributed by atoms with Gasteiger partial charge in [0.05, 0.1) is 17.1 Å². The van der Waals surface area contributed by atoms with Gasteiger partial charge in [0.15, 0.2) is 0 Å². The number of carbonyl (C=O) groups excluding carboxylic acids is 1. The Hall–Kier alpha value is -0.440. The molecule has 1 aromatic rings. The van der Waals surface area contributed by atoms with Crippen molar-refractivity contribution in [3.05, 3.63) is 29.8 Å². The predicted octanol–water partition coefficient (Wildman–Crippen LogP) is -2.48. The molecule has 0 spiro atoms. The number of rotatable bonds is 6. The van der Waals surface area contributed by atoms with Crippen molar-refractivity contribution >= 4 is 16.1 Å². The Morgan fingerprint density at radius 1 is 1.32 bits per heavy atom. The molecule has 8 heteroatoms. The van der Waals surface area contributed by atoms with Gasteiger partial charge in [0.2, 0.25) is 0 Å². The van der Waals surface area contributed by atoms with Gasteiger partial charge in [-0.3, -0.25) is 0 Å². The van der Waals surface area contributed by atoms with Crippen LogP contribution >= 0.6 is 0 Å². The molecule has 6 nitrogen and oxygen atoms in total. The number of aliphatic hydroxyl groups is 1. The average Bonchev–Trinajstić information content (AvgIpc) is 2.33. The Bertz CT molecular complexity index is 514. The van der Waals surface area contributed by atoms with Crippen LogP contribution in [0.1, 0.15) is 23.2 Å². The first-order valence-electron chi connectivity index (χ1n) is 5.29. The summed E-state index contributed by atoms with van der Waals surface area (Å²) in [6.07, 6.45) is 1.03. The summed E-state index contributed by atoms with van der Waals surface area (Å²) >= 11 is 0. The van der Waals surface area contributed by atoms with Crippen LogP contribution in [0.5, 0.6) is 0 Å². The second kappa shape index (κ2) is 8.68. The second-order valence-corrected chi connectivity index (χ2v) is 4.93. The van der Waals surface area contributed by atoms with Gasteiger partial charge < -0.3 is 14.4 Å². The van der Waals surface area contributed by atoms with Crippen LogP contribution in [-0.4, -0.2) is 37.3 Å². The Labute approximate surface area is 133 Å². The van der Waals surface area contributed by atoms with E-state index in [4.69, 9.17) is 9.84 Å². The number of hydrogen-bond acceptors (Lipinski definition) is 6. The number of ether oxygens (including phenoxy) is 1. The number of unbranched alkanes of at least 4 members (excludes halogenated alkanes) is 1. The van der Waals surface area contributed by atoms with Gasteiger partial charge >= 0.3 is 35.5 Å². The first-order chi connectivity index (χ1) is 8.45. The van der Waals surface area contributed by atoms with E-state index in [1.807, 2.05) is 0 Å². The van der Waals surface area contributed by atoms with Crippen LogP contribution in [0.15, 0.2) is 29.2 Å². The number of carbonyl (C=O) groups is 1. The van der Waals surface area contributed by atoms with Crippen molar-refractivity contribution in [1.82, 2.24) is 0 Å². The third-order valence-corrected chi connectivity index (χ3v) is 2.98. The first kappa shape index (κ1) is 18.6. The fourth-order valence-electron chi connectivity index (χ4n) is 1.24. The average molecular weight is 296 g/mol. The van der Waals surface area contributed by atoms with E-state index in [1.54, 1.807) is 0 Å². The van der Waals surface area contributed by atoms with E-state index in [0.717, 1.165) is 12.1 Å². The largest absolute Gasteiger partial charge is 1.00 e. The summed E-state index contributed by atoms with van der Waals surface area (Å²) < 4.78 is 37.2. The number of hydrogen-bond donors (Lipinski definition) is 1. The molecule has 0 aromatic heterocycles. The summed E-state index contributed by atoms with van der Waals surface area (Å²) in [4.78, 5) is 11.0. The first-order valence-corrected chi connectivity index (χ1v) is 6.70. The van der Waals surface area contributed by atoms with Crippen LogP contribution in [0, 0.1) is 0 Å². The SMILES string of the molecule is O=C(OCCCCO)c1cccc(S(=O)(=O)[O-])c1.[Na+]. The van der Waals surface area contributed by atoms with Crippen molar-refractivity contribution in [2.75, 3.05) is 13.2 Å². The molecule has 0 atom stereocenters. The summed E-state index contributed by atoms with van der Waals surface area (Å²) in [6, 6.07) is 4.76. The van der Waals surface area contributed by atoms with Gasteiger partial charge in [-0.1, -0.05) is 6.07 Å². The van der Waals surface area contributed by atoms with Crippen LogP contribution in [-0.2, 0) is 14.9 Å². The van der Waals surface area contributed by atoms with Crippen molar-refractivity contribution in [3.8, 4) is 0 Å². The zero-order valence-electron chi connectivity index (χ0n) is 10.5. The van der Waals surface area contributed by atoms with Crippen LogP contribution in [0.4, 0.5) is 0 Å². The Balaban J connectivity index is 0.00000324. The Morgan fingerprint density at radius 3 is 2.58 bits per heavy atom. The minimum Gasteiger partial charge on any atom is -0.744 e. The number of benzene rings is 1. The molecule has 0 amide bonds. The molecule has 0 heterocycles. The predicted molar refractivity (Wildman–Crippen MR) is 61.0 cm³/mol. The molecule has 0 radical (unpaired) electrons. The molecule has 0 saturated heterocycles. The molecule has 19 heavy (non-hydrogen) atoms. The molecule has 0 aliphatic carbocycles. The fraction of sp³-hybridized carbons (Fsp3) is 0.364. The molecular weight excluding hydrogens is 283 g/mol. The van der Waals surface area contributed by atoms with Gasteiger partial charge in [-0.25, -0.2) is 13.2 Å². The van der Waals surface area contributed by atoms with Gasteiger partial charge in [-0.05, 0) is 31.0 Å². The summed E-state index contributed by atoms with van der Waals surface area (Å²) in [5.41, 5.74) is 0.0101. The third kappa shape index (κ3) is 6.51. The maximum Gasteiger partial charge on any atom is 1.00 e. The van der Waals surface area contributed by atoms with E-state index >= 15 is 0 Å². The Morgan fingerprint density at radius 2 is 2.00 bits per heavy atom.